The van der Waals surface area contributed by atoms with E-state index in [0.29, 0.717) is 6.61 Å². The van der Waals surface area contributed by atoms with E-state index in [1.807, 2.05) is 36.4 Å². The van der Waals surface area contributed by atoms with Crippen LogP contribution in [-0.2, 0) is 11.3 Å². The fourth-order valence-corrected chi connectivity index (χ4v) is 3.09. The van der Waals surface area contributed by atoms with Crippen LogP contribution in [0.4, 0.5) is 0 Å². The number of hydrogen-bond acceptors (Lipinski definition) is 1. The Hall–Kier alpha value is -2.30. The van der Waals surface area contributed by atoms with Gasteiger partial charge in [0.05, 0.1) is 6.61 Å². The maximum Gasteiger partial charge on any atom is 0.140 e. The third kappa shape index (κ3) is 4.60. The lowest BCUT2D eigenvalue weighted by molar-refractivity contribution is 0.0962. The Balaban J connectivity index is 1.80. The largest absolute Gasteiger partial charge is 0.356 e. The van der Waals surface area contributed by atoms with E-state index in [4.69, 9.17) is 4.74 Å². The fraction of sp³-hybridized carbons (Fsp3) is 0.304. The average Bonchev–Trinajstić information content (AvgIpc) is 2.64. The Labute approximate surface area is 145 Å². The van der Waals surface area contributed by atoms with Crippen molar-refractivity contribution in [2.45, 2.75) is 45.3 Å². The highest BCUT2D eigenvalue weighted by Gasteiger charge is 2.18. The minimum atomic E-state index is -0.106. The van der Waals surface area contributed by atoms with Gasteiger partial charge in [-0.25, -0.2) is 0 Å². The van der Waals surface area contributed by atoms with Gasteiger partial charge in [0.2, 0.25) is 0 Å². The van der Waals surface area contributed by atoms with Crippen LogP contribution in [0.3, 0.4) is 0 Å². The molecule has 0 bridgehead atoms. The molecule has 1 aliphatic carbocycles. The van der Waals surface area contributed by atoms with Crippen LogP contribution in [0.25, 0.3) is 0 Å². The second kappa shape index (κ2) is 8.52. The molecule has 122 valence electrons. The van der Waals surface area contributed by atoms with Gasteiger partial charge in [0.15, 0.2) is 0 Å². The van der Waals surface area contributed by atoms with E-state index in [-0.39, 0.29) is 6.10 Å². The van der Waals surface area contributed by atoms with Gasteiger partial charge in [0.25, 0.3) is 0 Å². The van der Waals surface area contributed by atoms with Gasteiger partial charge >= 0.3 is 0 Å². The Morgan fingerprint density at radius 2 is 1.58 bits per heavy atom. The van der Waals surface area contributed by atoms with E-state index < -0.39 is 0 Å². The second-order valence-corrected chi connectivity index (χ2v) is 6.32. The molecule has 1 aliphatic rings. The van der Waals surface area contributed by atoms with Crippen LogP contribution in [0.2, 0.25) is 0 Å². The van der Waals surface area contributed by atoms with Gasteiger partial charge in [-0.1, -0.05) is 65.9 Å². The van der Waals surface area contributed by atoms with E-state index in [1.165, 1.54) is 36.0 Å². The van der Waals surface area contributed by atoms with Crippen molar-refractivity contribution in [3.05, 3.63) is 82.9 Å². The molecule has 1 nitrogen and oxygen atoms in total. The number of benzene rings is 2. The van der Waals surface area contributed by atoms with Crippen LogP contribution in [0, 0.1) is 11.8 Å². The third-order valence-electron chi connectivity index (χ3n) is 4.49. The summed E-state index contributed by atoms with van der Waals surface area (Å²) in [5, 5.41) is 0. The maximum atomic E-state index is 6.23. The number of hydrogen-bond donors (Lipinski definition) is 0. The summed E-state index contributed by atoms with van der Waals surface area (Å²) in [5.74, 6) is 6.67. The monoisotopic (exact) mass is 316 g/mol. The minimum Gasteiger partial charge on any atom is -0.356 e. The van der Waals surface area contributed by atoms with Crippen LogP contribution in [-0.4, -0.2) is 6.10 Å². The van der Waals surface area contributed by atoms with Crippen LogP contribution in [0.5, 0.6) is 0 Å². The molecule has 3 rings (SSSR count). The van der Waals surface area contributed by atoms with Crippen LogP contribution in [0.15, 0.2) is 71.8 Å². The van der Waals surface area contributed by atoms with Crippen molar-refractivity contribution in [2.75, 3.05) is 0 Å². The average molecular weight is 316 g/mol. The Morgan fingerprint density at radius 1 is 0.917 bits per heavy atom. The molecular formula is C23H24O. The van der Waals surface area contributed by atoms with Gasteiger partial charge in [-0.2, -0.15) is 0 Å². The van der Waals surface area contributed by atoms with E-state index in [0.717, 1.165) is 12.0 Å². The molecule has 0 fully saturated rings. The molecule has 24 heavy (non-hydrogen) atoms. The predicted octanol–water partition coefficient (Wildman–Crippen LogP) is 5.51. The second-order valence-electron chi connectivity index (χ2n) is 6.32. The predicted molar refractivity (Wildman–Crippen MR) is 99.5 cm³/mol. The summed E-state index contributed by atoms with van der Waals surface area (Å²) in [6.07, 6.45) is 4.70. The maximum absolute atomic E-state index is 6.23. The van der Waals surface area contributed by atoms with Crippen molar-refractivity contribution in [3.63, 3.8) is 0 Å². The molecule has 0 spiro atoms. The third-order valence-corrected chi connectivity index (χ3v) is 4.49. The SMILES string of the molecule is CC1=C(C(C#Cc2ccccc2)OCc2ccccc2)CCCC1. The van der Waals surface area contributed by atoms with Gasteiger partial charge in [0.1, 0.15) is 6.10 Å². The zero-order valence-electron chi connectivity index (χ0n) is 14.3. The molecule has 2 aromatic rings. The Bertz CT molecular complexity index is 732. The molecule has 0 radical (unpaired) electrons. The topological polar surface area (TPSA) is 9.23 Å². The highest BCUT2D eigenvalue weighted by Crippen LogP contribution is 2.28. The molecule has 0 heterocycles. The zero-order valence-corrected chi connectivity index (χ0v) is 14.3. The molecule has 1 unspecified atom stereocenters. The van der Waals surface area contributed by atoms with Crippen molar-refractivity contribution in [3.8, 4) is 11.8 Å². The van der Waals surface area contributed by atoms with Crippen molar-refractivity contribution in [1.82, 2.24) is 0 Å². The molecule has 0 aromatic heterocycles. The summed E-state index contributed by atoms with van der Waals surface area (Å²) in [7, 11) is 0. The van der Waals surface area contributed by atoms with E-state index >= 15 is 0 Å². The zero-order chi connectivity index (χ0) is 16.6. The van der Waals surface area contributed by atoms with Crippen molar-refractivity contribution in [2.24, 2.45) is 0 Å². The van der Waals surface area contributed by atoms with Gasteiger partial charge in [0, 0.05) is 5.56 Å². The Morgan fingerprint density at radius 3 is 2.29 bits per heavy atom. The number of allylic oxidation sites excluding steroid dienone is 1. The van der Waals surface area contributed by atoms with Gasteiger partial charge < -0.3 is 4.74 Å². The first-order valence-corrected chi connectivity index (χ1v) is 8.73. The lowest BCUT2D eigenvalue weighted by Crippen LogP contribution is -2.17. The molecule has 0 N–H and O–H groups in total. The minimum absolute atomic E-state index is 0.106. The molecule has 0 aliphatic heterocycles. The molecular weight excluding hydrogens is 292 g/mol. The van der Waals surface area contributed by atoms with Gasteiger partial charge in [-0.3, -0.25) is 0 Å². The van der Waals surface area contributed by atoms with Crippen LogP contribution in [0.1, 0.15) is 43.7 Å². The number of rotatable bonds is 4. The van der Waals surface area contributed by atoms with Crippen LogP contribution < -0.4 is 0 Å². The van der Waals surface area contributed by atoms with Gasteiger partial charge in [-0.15, -0.1) is 0 Å². The summed E-state index contributed by atoms with van der Waals surface area (Å²) in [6.45, 7) is 2.84. The fourth-order valence-electron chi connectivity index (χ4n) is 3.09. The first-order chi connectivity index (χ1) is 11.8. The summed E-state index contributed by atoms with van der Waals surface area (Å²) < 4.78 is 6.23. The first-order valence-electron chi connectivity index (χ1n) is 8.73. The van der Waals surface area contributed by atoms with Crippen molar-refractivity contribution in [1.29, 1.82) is 0 Å². The lowest BCUT2D eigenvalue weighted by atomic mass is 9.89. The molecule has 2 aromatic carbocycles. The molecule has 0 saturated heterocycles. The van der Waals surface area contributed by atoms with Crippen molar-refractivity contribution < 1.29 is 4.74 Å². The standard InChI is InChI=1S/C23H24O/c1-19-10-8-9-15-22(19)23(17-16-20-11-4-2-5-12-20)24-18-21-13-6-3-7-14-21/h2-7,11-14,23H,8-10,15,18H2,1H3. The van der Waals surface area contributed by atoms with E-state index in [9.17, 15) is 0 Å². The highest BCUT2D eigenvalue weighted by atomic mass is 16.5. The summed E-state index contributed by atoms with van der Waals surface area (Å²) in [4.78, 5) is 0. The summed E-state index contributed by atoms with van der Waals surface area (Å²) in [5.41, 5.74) is 5.08. The molecule has 0 amide bonds. The first kappa shape index (κ1) is 16.6. The van der Waals surface area contributed by atoms with Crippen LogP contribution >= 0.6 is 0 Å². The molecule has 1 heteroatoms. The quantitative estimate of drug-likeness (QED) is 0.533. The van der Waals surface area contributed by atoms with Crippen molar-refractivity contribution >= 4 is 0 Å². The molecule has 0 saturated carbocycles. The summed E-state index contributed by atoms with van der Waals surface area (Å²) >= 11 is 0. The highest BCUT2D eigenvalue weighted by molar-refractivity contribution is 5.38. The van der Waals surface area contributed by atoms with E-state index in [2.05, 4.69) is 43.0 Å². The normalized spacial score (nSPS) is 15.5. The van der Waals surface area contributed by atoms with Gasteiger partial charge in [-0.05, 0) is 55.9 Å². The smallest absolute Gasteiger partial charge is 0.140 e. The van der Waals surface area contributed by atoms with E-state index in [1.54, 1.807) is 0 Å². The summed E-state index contributed by atoms with van der Waals surface area (Å²) in [6, 6.07) is 20.5. The number of ether oxygens (including phenoxy) is 1. The molecule has 1 atom stereocenters. The lowest BCUT2D eigenvalue weighted by Gasteiger charge is -2.23. The Kier molecular flexibility index (Phi) is 5.88.